The molecule has 1 rings (SSSR count). The molecule has 0 amide bonds. The number of hydrogen-bond donors (Lipinski definition) is 0. The number of allylic oxidation sites excluding steroid dienone is 4. The lowest BCUT2D eigenvalue weighted by molar-refractivity contribution is 0.245. The lowest BCUT2D eigenvalue weighted by Gasteiger charge is -2.34. The Morgan fingerprint density at radius 1 is 1.53 bits per heavy atom. The van der Waals surface area contributed by atoms with Gasteiger partial charge < -0.3 is 4.90 Å². The maximum absolute atomic E-state index is 9.10. The van der Waals surface area contributed by atoms with Crippen LogP contribution in [0.2, 0.25) is 0 Å². The van der Waals surface area contributed by atoms with Crippen molar-refractivity contribution in [2.45, 2.75) is 19.8 Å². The van der Waals surface area contributed by atoms with Crippen LogP contribution in [0.25, 0.3) is 0 Å². The second-order valence-electron chi connectivity index (χ2n) is 4.20. The molecule has 92 valence electrons. The predicted octanol–water partition coefficient (Wildman–Crippen LogP) is 3.63. The van der Waals surface area contributed by atoms with Gasteiger partial charge in [0.1, 0.15) is 6.07 Å². The molecule has 0 atom stereocenters. The van der Waals surface area contributed by atoms with Crippen LogP contribution in [-0.2, 0) is 0 Å². The molecule has 2 nitrogen and oxygen atoms in total. The lowest BCUT2D eigenvalue weighted by Crippen LogP contribution is -2.33. The third-order valence-electron chi connectivity index (χ3n) is 3.10. The Morgan fingerprint density at radius 2 is 2.18 bits per heavy atom. The first kappa shape index (κ1) is 14.1. The number of nitrogens with zero attached hydrogens (tertiary/aromatic N) is 2. The molecule has 1 fully saturated rings. The minimum absolute atomic E-state index is 0.667. The highest BCUT2D eigenvalue weighted by Gasteiger charge is 2.20. The zero-order chi connectivity index (χ0) is 12.7. The van der Waals surface area contributed by atoms with E-state index >= 15 is 0 Å². The Kier molecular flexibility index (Phi) is 6.07. The summed E-state index contributed by atoms with van der Waals surface area (Å²) in [5.41, 5.74) is 1.68. The van der Waals surface area contributed by atoms with Crippen LogP contribution in [-0.4, -0.2) is 23.3 Å². The molecule has 0 radical (unpaired) electrons. The zero-order valence-corrected chi connectivity index (χ0v) is 11.9. The van der Waals surface area contributed by atoms with E-state index in [1.807, 2.05) is 19.1 Å². The first-order valence-corrected chi connectivity index (χ1v) is 7.09. The fraction of sp³-hybridized carbons (Fsp3) is 0.500. The molecule has 0 unspecified atom stereocenters. The number of hydrogen-bond acceptors (Lipinski definition) is 2. The average Bonchev–Trinajstić information content (AvgIpc) is 2.39. The maximum atomic E-state index is 9.10. The first-order valence-electron chi connectivity index (χ1n) is 5.97. The van der Waals surface area contributed by atoms with Gasteiger partial charge in [0, 0.05) is 18.4 Å². The summed E-state index contributed by atoms with van der Waals surface area (Å²) in [7, 11) is 0. The summed E-state index contributed by atoms with van der Waals surface area (Å²) in [4.78, 5) is 2.29. The molecule has 17 heavy (non-hydrogen) atoms. The van der Waals surface area contributed by atoms with Crippen LogP contribution in [0.5, 0.6) is 0 Å². The summed E-state index contributed by atoms with van der Waals surface area (Å²) < 4.78 is 0. The average molecular weight is 295 g/mol. The van der Waals surface area contributed by atoms with E-state index in [1.165, 1.54) is 12.8 Å². The van der Waals surface area contributed by atoms with E-state index in [2.05, 4.69) is 33.5 Å². The summed E-state index contributed by atoms with van der Waals surface area (Å²) in [6, 6.07) is 2.22. The largest absolute Gasteiger partial charge is 0.370 e. The topological polar surface area (TPSA) is 27.0 Å². The molecule has 1 heterocycles. The minimum Gasteiger partial charge on any atom is -0.370 e. The van der Waals surface area contributed by atoms with E-state index < -0.39 is 0 Å². The van der Waals surface area contributed by atoms with E-state index in [1.54, 1.807) is 6.08 Å². The van der Waals surface area contributed by atoms with Gasteiger partial charge in [0.05, 0.1) is 11.3 Å². The molecule has 0 bridgehead atoms. The minimum atomic E-state index is 0.667. The maximum Gasteiger partial charge on any atom is 0.101 e. The zero-order valence-electron chi connectivity index (χ0n) is 10.3. The molecular formula is C14H19BrN2. The van der Waals surface area contributed by atoms with E-state index in [0.717, 1.165) is 30.0 Å². The third-order valence-corrected chi connectivity index (χ3v) is 4.01. The van der Waals surface area contributed by atoms with Gasteiger partial charge in [0.2, 0.25) is 0 Å². The van der Waals surface area contributed by atoms with Crippen LogP contribution in [0, 0.1) is 17.2 Å². The molecule has 1 aliphatic rings. The molecule has 1 saturated heterocycles. The van der Waals surface area contributed by atoms with Crippen molar-refractivity contribution in [1.82, 2.24) is 4.90 Å². The SMILES string of the molecule is C=C/C(C#N)=C(\C=C/C)N1CCC(CBr)CC1. The Morgan fingerprint density at radius 3 is 2.59 bits per heavy atom. The molecule has 0 aromatic heterocycles. The van der Waals surface area contributed by atoms with Gasteiger partial charge in [-0.05, 0) is 37.8 Å². The van der Waals surface area contributed by atoms with E-state index in [0.29, 0.717) is 5.57 Å². The summed E-state index contributed by atoms with van der Waals surface area (Å²) in [6.07, 6.45) is 8.00. The predicted molar refractivity (Wildman–Crippen MR) is 75.7 cm³/mol. The molecule has 0 spiro atoms. The Bertz CT molecular complexity index is 355. The van der Waals surface area contributed by atoms with Crippen molar-refractivity contribution in [3.8, 4) is 6.07 Å². The highest BCUT2D eigenvalue weighted by atomic mass is 79.9. The Labute approximate surface area is 112 Å². The number of rotatable bonds is 4. The number of likely N-dealkylation sites (tertiary alicyclic amines) is 1. The van der Waals surface area contributed by atoms with Crippen molar-refractivity contribution in [1.29, 1.82) is 5.26 Å². The van der Waals surface area contributed by atoms with Crippen molar-refractivity contribution >= 4 is 15.9 Å². The highest BCUT2D eigenvalue weighted by molar-refractivity contribution is 9.09. The number of halogens is 1. The molecule has 0 N–H and O–H groups in total. The molecule has 0 aromatic carbocycles. The molecule has 0 aliphatic carbocycles. The van der Waals surface area contributed by atoms with Crippen molar-refractivity contribution in [2.24, 2.45) is 5.92 Å². The normalized spacial score (nSPS) is 19.0. The van der Waals surface area contributed by atoms with Gasteiger partial charge in [-0.15, -0.1) is 0 Å². The van der Waals surface area contributed by atoms with Gasteiger partial charge in [-0.25, -0.2) is 0 Å². The quantitative estimate of drug-likeness (QED) is 0.450. The number of nitriles is 1. The second-order valence-corrected chi connectivity index (χ2v) is 4.85. The lowest BCUT2D eigenvalue weighted by atomic mass is 9.98. The summed E-state index contributed by atoms with van der Waals surface area (Å²) >= 11 is 3.54. The van der Waals surface area contributed by atoms with Crippen molar-refractivity contribution < 1.29 is 0 Å². The smallest absolute Gasteiger partial charge is 0.101 e. The standard InChI is InChI=1S/C14H19BrN2/c1-3-5-14(13(4-2)11-16)17-8-6-12(10-15)7-9-17/h3-5,12H,2,6-10H2,1H3/b5-3-,14-13-. The third kappa shape index (κ3) is 3.74. The number of alkyl halides is 1. The summed E-state index contributed by atoms with van der Waals surface area (Å²) in [5.74, 6) is 0.771. The molecule has 0 saturated carbocycles. The van der Waals surface area contributed by atoms with E-state index in [-0.39, 0.29) is 0 Å². The van der Waals surface area contributed by atoms with Crippen LogP contribution in [0.1, 0.15) is 19.8 Å². The van der Waals surface area contributed by atoms with Gasteiger partial charge in [0.15, 0.2) is 0 Å². The van der Waals surface area contributed by atoms with Gasteiger partial charge in [-0.3, -0.25) is 0 Å². The second kappa shape index (κ2) is 7.34. The first-order chi connectivity index (χ1) is 8.26. The molecular weight excluding hydrogens is 276 g/mol. The Hall–Kier alpha value is -1.01. The van der Waals surface area contributed by atoms with Crippen molar-refractivity contribution in [2.75, 3.05) is 18.4 Å². The van der Waals surface area contributed by atoms with E-state index in [9.17, 15) is 0 Å². The van der Waals surface area contributed by atoms with Crippen LogP contribution in [0.4, 0.5) is 0 Å². The van der Waals surface area contributed by atoms with Gasteiger partial charge >= 0.3 is 0 Å². The van der Waals surface area contributed by atoms with Crippen LogP contribution < -0.4 is 0 Å². The highest BCUT2D eigenvalue weighted by Crippen LogP contribution is 2.24. The van der Waals surface area contributed by atoms with Crippen molar-refractivity contribution in [3.05, 3.63) is 36.1 Å². The summed E-state index contributed by atoms with van der Waals surface area (Å²) in [6.45, 7) is 7.73. The van der Waals surface area contributed by atoms with Gasteiger partial charge in [-0.1, -0.05) is 28.6 Å². The fourth-order valence-corrected chi connectivity index (χ4v) is 2.71. The fourth-order valence-electron chi connectivity index (χ4n) is 2.06. The Balaban J connectivity index is 2.85. The molecule has 0 aromatic rings. The van der Waals surface area contributed by atoms with Gasteiger partial charge in [0.25, 0.3) is 0 Å². The van der Waals surface area contributed by atoms with E-state index in [4.69, 9.17) is 5.26 Å². The van der Waals surface area contributed by atoms with Crippen LogP contribution in [0.3, 0.4) is 0 Å². The molecule has 1 aliphatic heterocycles. The number of piperidine rings is 1. The van der Waals surface area contributed by atoms with Crippen LogP contribution in [0.15, 0.2) is 36.1 Å². The molecule has 3 heteroatoms. The monoisotopic (exact) mass is 294 g/mol. The summed E-state index contributed by atoms with van der Waals surface area (Å²) in [5, 5.41) is 10.2. The van der Waals surface area contributed by atoms with Gasteiger partial charge in [-0.2, -0.15) is 5.26 Å². The van der Waals surface area contributed by atoms with Crippen LogP contribution >= 0.6 is 15.9 Å². The van der Waals surface area contributed by atoms with Crippen molar-refractivity contribution in [3.63, 3.8) is 0 Å².